The lowest BCUT2D eigenvalue weighted by atomic mass is 10.0. The number of carbonyl (C=O) groups excluding carboxylic acids is 2. The van der Waals surface area contributed by atoms with E-state index in [2.05, 4.69) is 18.3 Å². The van der Waals surface area contributed by atoms with Crippen molar-refractivity contribution in [2.75, 3.05) is 13.7 Å². The molecule has 1 aromatic carbocycles. The molecule has 0 bridgehead atoms. The number of aryl methyl sites for hydroxylation is 1. The number of nitrogens with one attached hydrogen (secondary N) is 1. The van der Waals surface area contributed by atoms with E-state index in [4.69, 9.17) is 16.2 Å². The van der Waals surface area contributed by atoms with E-state index >= 15 is 0 Å². The molecule has 0 aromatic heterocycles. The third-order valence-corrected chi connectivity index (χ3v) is 4.69. The van der Waals surface area contributed by atoms with E-state index in [0.717, 1.165) is 37.0 Å². The fraction of sp³-hybridized carbons (Fsp3) is 0.600. The number of benzene rings is 1. The predicted molar refractivity (Wildman–Crippen MR) is 131 cm³/mol. The molecule has 1 atom stereocenters. The number of amides is 2. The molecular formula is C25H45N3O3. The summed E-state index contributed by atoms with van der Waals surface area (Å²) in [4.78, 5) is 21.6. The Bertz CT molecular complexity index is 626. The monoisotopic (exact) mass is 435 g/mol. The number of likely N-dealkylation sites (N-methyl/N-ethyl adjacent to an activating group) is 1. The maximum atomic E-state index is 10.9. The molecule has 1 rings (SSSR count). The van der Waals surface area contributed by atoms with Crippen LogP contribution in [0.5, 0.6) is 5.75 Å². The highest BCUT2D eigenvalue weighted by Gasteiger charge is 2.11. The summed E-state index contributed by atoms with van der Waals surface area (Å²) in [6.07, 6.45) is 9.27. The summed E-state index contributed by atoms with van der Waals surface area (Å²) < 4.78 is 5.95. The third-order valence-electron chi connectivity index (χ3n) is 4.69. The summed E-state index contributed by atoms with van der Waals surface area (Å²) in [7, 11) is 1.85. The predicted octanol–water partition coefficient (Wildman–Crippen LogP) is 4.42. The third kappa shape index (κ3) is 17.1. The van der Waals surface area contributed by atoms with Crippen molar-refractivity contribution < 1.29 is 14.3 Å². The Morgan fingerprint density at radius 1 is 1.03 bits per heavy atom. The first-order chi connectivity index (χ1) is 14.8. The van der Waals surface area contributed by atoms with Crippen molar-refractivity contribution in [2.45, 2.75) is 85.6 Å². The van der Waals surface area contributed by atoms with Gasteiger partial charge in [-0.1, -0.05) is 44.6 Å². The zero-order valence-electron chi connectivity index (χ0n) is 20.5. The van der Waals surface area contributed by atoms with Gasteiger partial charge in [-0.15, -0.1) is 0 Å². The highest BCUT2D eigenvalue weighted by atomic mass is 16.5. The summed E-state index contributed by atoms with van der Waals surface area (Å²) in [5.74, 6) is 0.339. The van der Waals surface area contributed by atoms with Crippen LogP contribution in [0.4, 0.5) is 0 Å². The maximum absolute atomic E-state index is 10.9. The molecular weight excluding hydrogens is 390 g/mol. The summed E-state index contributed by atoms with van der Waals surface area (Å²) in [5, 5.41) is 3.15. The molecule has 0 saturated heterocycles. The summed E-state index contributed by atoms with van der Waals surface area (Å²) in [6, 6.07) is 6.16. The fourth-order valence-electron chi connectivity index (χ4n) is 2.70. The standard InChI is InChI=1S/C19H31N3O3.C4H8.C2H6/c1-14-15(7-4-3-5-10-18(20)23)8-6-9-17(14)25-13-16(22-2)11-12-19(21)24;1-3-4-2;1-2/h6,8-9,16,22H,3-5,7,10-13H2,1-2H3,(H2,20,23)(H2,21,24);3-4H,1-2H3;1-2H3/b;4-3-;. The molecule has 0 heterocycles. The summed E-state index contributed by atoms with van der Waals surface area (Å²) in [5.41, 5.74) is 12.7. The van der Waals surface area contributed by atoms with Crippen molar-refractivity contribution in [1.29, 1.82) is 0 Å². The molecule has 1 unspecified atom stereocenters. The molecule has 6 nitrogen and oxygen atoms in total. The van der Waals surface area contributed by atoms with Crippen LogP contribution in [0.15, 0.2) is 30.4 Å². The Labute approximate surface area is 189 Å². The van der Waals surface area contributed by atoms with Gasteiger partial charge in [0, 0.05) is 18.9 Å². The van der Waals surface area contributed by atoms with Crippen molar-refractivity contribution in [3.63, 3.8) is 0 Å². The van der Waals surface area contributed by atoms with Gasteiger partial charge in [0.1, 0.15) is 12.4 Å². The van der Waals surface area contributed by atoms with Gasteiger partial charge < -0.3 is 21.5 Å². The second-order valence-electron chi connectivity index (χ2n) is 7.04. The van der Waals surface area contributed by atoms with E-state index in [0.29, 0.717) is 25.9 Å². The second kappa shape index (κ2) is 20.9. The number of ether oxygens (including phenoxy) is 1. The van der Waals surface area contributed by atoms with Crippen LogP contribution in [0.1, 0.15) is 77.3 Å². The number of allylic oxidation sites excluding steroid dienone is 2. The first-order valence-electron chi connectivity index (χ1n) is 11.4. The first-order valence-corrected chi connectivity index (χ1v) is 11.4. The Morgan fingerprint density at radius 2 is 1.65 bits per heavy atom. The lowest BCUT2D eigenvalue weighted by Gasteiger charge is -2.18. The lowest BCUT2D eigenvalue weighted by molar-refractivity contribution is -0.119. The quantitative estimate of drug-likeness (QED) is 0.315. The zero-order valence-corrected chi connectivity index (χ0v) is 20.5. The molecule has 0 spiro atoms. The lowest BCUT2D eigenvalue weighted by Crippen LogP contribution is -2.33. The van der Waals surface area contributed by atoms with Crippen LogP contribution in [-0.2, 0) is 16.0 Å². The number of rotatable bonds is 13. The molecule has 0 radical (unpaired) electrons. The number of carbonyl (C=O) groups is 2. The highest BCUT2D eigenvalue weighted by Crippen LogP contribution is 2.23. The van der Waals surface area contributed by atoms with Gasteiger partial charge in [-0.25, -0.2) is 0 Å². The normalized spacial score (nSPS) is 11.0. The fourth-order valence-corrected chi connectivity index (χ4v) is 2.70. The minimum absolute atomic E-state index is 0.0874. The summed E-state index contributed by atoms with van der Waals surface area (Å²) in [6.45, 7) is 10.6. The second-order valence-corrected chi connectivity index (χ2v) is 7.04. The Hall–Kier alpha value is -2.34. The van der Waals surface area contributed by atoms with Crippen LogP contribution < -0.4 is 21.5 Å². The van der Waals surface area contributed by atoms with E-state index in [1.807, 2.05) is 59.0 Å². The molecule has 6 heteroatoms. The zero-order chi connectivity index (χ0) is 24.1. The van der Waals surface area contributed by atoms with Crippen LogP contribution in [0.2, 0.25) is 0 Å². The SMILES string of the molecule is C/C=C\C.CC.CNC(CCC(N)=O)COc1cccc(CCCCCC(N)=O)c1C. The molecule has 0 saturated carbocycles. The van der Waals surface area contributed by atoms with Gasteiger partial charge in [0.2, 0.25) is 11.8 Å². The molecule has 0 aliphatic carbocycles. The number of nitrogens with two attached hydrogens (primary N) is 2. The van der Waals surface area contributed by atoms with E-state index < -0.39 is 0 Å². The van der Waals surface area contributed by atoms with Gasteiger partial charge in [0.15, 0.2) is 0 Å². The molecule has 178 valence electrons. The van der Waals surface area contributed by atoms with Crippen molar-refractivity contribution in [3.05, 3.63) is 41.5 Å². The maximum Gasteiger partial charge on any atom is 0.217 e. The van der Waals surface area contributed by atoms with Gasteiger partial charge in [-0.3, -0.25) is 9.59 Å². The van der Waals surface area contributed by atoms with Crippen molar-refractivity contribution >= 4 is 11.8 Å². The van der Waals surface area contributed by atoms with Crippen molar-refractivity contribution in [2.24, 2.45) is 11.5 Å². The highest BCUT2D eigenvalue weighted by molar-refractivity contribution is 5.73. The molecule has 5 N–H and O–H groups in total. The Morgan fingerprint density at radius 3 is 2.16 bits per heavy atom. The topological polar surface area (TPSA) is 107 Å². The summed E-state index contributed by atoms with van der Waals surface area (Å²) >= 11 is 0. The van der Waals surface area contributed by atoms with Crippen LogP contribution in [0.25, 0.3) is 0 Å². The molecule has 31 heavy (non-hydrogen) atoms. The van der Waals surface area contributed by atoms with E-state index in [1.165, 1.54) is 5.56 Å². The van der Waals surface area contributed by atoms with Gasteiger partial charge in [0.05, 0.1) is 0 Å². The van der Waals surface area contributed by atoms with E-state index in [1.54, 1.807) is 0 Å². The average molecular weight is 436 g/mol. The van der Waals surface area contributed by atoms with E-state index in [-0.39, 0.29) is 17.9 Å². The molecule has 2 amide bonds. The van der Waals surface area contributed by atoms with Crippen molar-refractivity contribution in [3.8, 4) is 5.75 Å². The minimum atomic E-state index is -0.297. The van der Waals surface area contributed by atoms with Crippen LogP contribution in [0.3, 0.4) is 0 Å². The molecule has 1 aromatic rings. The average Bonchev–Trinajstić information content (AvgIpc) is 2.76. The number of primary amides is 2. The van der Waals surface area contributed by atoms with Gasteiger partial charge in [-0.05, 0) is 70.7 Å². The van der Waals surface area contributed by atoms with Crippen LogP contribution in [0, 0.1) is 6.92 Å². The minimum Gasteiger partial charge on any atom is -0.492 e. The molecule has 0 aliphatic heterocycles. The Kier molecular flexibility index (Phi) is 20.8. The van der Waals surface area contributed by atoms with Crippen molar-refractivity contribution in [1.82, 2.24) is 5.32 Å². The largest absolute Gasteiger partial charge is 0.492 e. The van der Waals surface area contributed by atoms with E-state index in [9.17, 15) is 9.59 Å². The van der Waals surface area contributed by atoms with Crippen LogP contribution in [-0.4, -0.2) is 31.5 Å². The van der Waals surface area contributed by atoms with Gasteiger partial charge in [0.25, 0.3) is 0 Å². The molecule has 0 fully saturated rings. The number of unbranched alkanes of at least 4 members (excludes halogenated alkanes) is 2. The number of hydrogen-bond donors (Lipinski definition) is 3. The van der Waals surface area contributed by atoms with Gasteiger partial charge >= 0.3 is 0 Å². The smallest absolute Gasteiger partial charge is 0.217 e. The number of hydrogen-bond acceptors (Lipinski definition) is 4. The molecule has 0 aliphatic rings. The van der Waals surface area contributed by atoms with Gasteiger partial charge in [-0.2, -0.15) is 0 Å². The first kappa shape index (κ1) is 30.9. The van der Waals surface area contributed by atoms with Crippen LogP contribution >= 0.6 is 0 Å². The Balaban J connectivity index is 0.